The number of likely N-dealkylation sites (N-methyl/N-ethyl adjacent to an activating group) is 1. The van der Waals surface area contributed by atoms with Gasteiger partial charge in [-0.05, 0) is 40.4 Å². The number of carbonyl (C=O) groups excluding carboxylic acids is 2. The van der Waals surface area contributed by atoms with Crippen molar-refractivity contribution in [3.8, 4) is 0 Å². The van der Waals surface area contributed by atoms with Gasteiger partial charge in [-0.3, -0.25) is 9.59 Å². The van der Waals surface area contributed by atoms with Crippen LogP contribution in [0, 0.1) is 5.92 Å². The van der Waals surface area contributed by atoms with Crippen molar-refractivity contribution in [1.82, 2.24) is 15.2 Å². The number of hydrogen-bond acceptors (Lipinski definition) is 3. The van der Waals surface area contributed by atoms with E-state index < -0.39 is 6.04 Å². The molecule has 0 saturated carbocycles. The lowest BCUT2D eigenvalue weighted by Gasteiger charge is -2.23. The minimum Gasteiger partial charge on any atom is -0.347 e. The van der Waals surface area contributed by atoms with Crippen LogP contribution in [-0.4, -0.2) is 41.8 Å². The number of amides is 2. The first kappa shape index (κ1) is 16.6. The highest BCUT2D eigenvalue weighted by Gasteiger charge is 2.23. The number of halogens is 1. The second-order valence-electron chi connectivity index (χ2n) is 5.26. The van der Waals surface area contributed by atoms with Crippen molar-refractivity contribution in [2.24, 2.45) is 5.92 Å². The fourth-order valence-corrected chi connectivity index (χ4v) is 2.15. The smallest absolute Gasteiger partial charge is 0.252 e. The molecule has 1 aromatic rings. The second-order valence-corrected chi connectivity index (χ2v) is 6.07. The van der Waals surface area contributed by atoms with Gasteiger partial charge in [0.2, 0.25) is 5.91 Å². The van der Waals surface area contributed by atoms with Crippen molar-refractivity contribution >= 4 is 27.7 Å². The molecule has 0 spiro atoms. The number of carbonyl (C=O) groups is 2. The standard InChI is InChI=1S/C14H20BrN3O2/c1-9(2)7-11(14(20)18(3)4)17-13(19)10-5-6-16-12(15)8-10/h5-6,8-9,11H,7H2,1-4H3,(H,17,19). The zero-order valence-corrected chi connectivity index (χ0v) is 13.8. The maximum Gasteiger partial charge on any atom is 0.252 e. The van der Waals surface area contributed by atoms with Crippen LogP contribution >= 0.6 is 15.9 Å². The Morgan fingerprint density at radius 2 is 2.05 bits per heavy atom. The molecule has 0 aromatic carbocycles. The highest BCUT2D eigenvalue weighted by atomic mass is 79.9. The van der Waals surface area contributed by atoms with Crippen molar-refractivity contribution in [2.75, 3.05) is 14.1 Å². The molecule has 1 N–H and O–H groups in total. The summed E-state index contributed by atoms with van der Waals surface area (Å²) >= 11 is 3.22. The Labute approximate surface area is 127 Å². The molecule has 6 heteroatoms. The van der Waals surface area contributed by atoms with Crippen molar-refractivity contribution in [3.63, 3.8) is 0 Å². The zero-order valence-electron chi connectivity index (χ0n) is 12.2. The normalized spacial score (nSPS) is 12.1. The molecule has 0 radical (unpaired) electrons. The third-order valence-electron chi connectivity index (χ3n) is 2.74. The molecule has 2 amide bonds. The van der Waals surface area contributed by atoms with Gasteiger partial charge < -0.3 is 10.2 Å². The summed E-state index contributed by atoms with van der Waals surface area (Å²) in [5, 5.41) is 2.79. The molecule has 1 atom stereocenters. The van der Waals surface area contributed by atoms with Crippen molar-refractivity contribution in [3.05, 3.63) is 28.5 Å². The van der Waals surface area contributed by atoms with Gasteiger partial charge in [-0.1, -0.05) is 13.8 Å². The largest absolute Gasteiger partial charge is 0.347 e. The van der Waals surface area contributed by atoms with Gasteiger partial charge in [-0.15, -0.1) is 0 Å². The van der Waals surface area contributed by atoms with Crippen LogP contribution in [0.4, 0.5) is 0 Å². The van der Waals surface area contributed by atoms with Gasteiger partial charge in [-0.25, -0.2) is 4.98 Å². The molecule has 5 nitrogen and oxygen atoms in total. The van der Waals surface area contributed by atoms with E-state index >= 15 is 0 Å². The van der Waals surface area contributed by atoms with Crippen LogP contribution in [0.1, 0.15) is 30.6 Å². The predicted octanol–water partition coefficient (Wildman–Crippen LogP) is 2.08. The molecule has 110 valence electrons. The van der Waals surface area contributed by atoms with E-state index in [2.05, 4.69) is 26.2 Å². The van der Waals surface area contributed by atoms with Crippen LogP contribution < -0.4 is 5.32 Å². The molecular weight excluding hydrogens is 322 g/mol. The zero-order chi connectivity index (χ0) is 15.3. The summed E-state index contributed by atoms with van der Waals surface area (Å²) in [6.07, 6.45) is 2.15. The fourth-order valence-electron chi connectivity index (χ4n) is 1.79. The Kier molecular flexibility index (Phi) is 6.13. The van der Waals surface area contributed by atoms with E-state index in [0.29, 0.717) is 22.5 Å². The van der Waals surface area contributed by atoms with Gasteiger partial charge in [0.25, 0.3) is 5.91 Å². The molecule has 0 aliphatic rings. The summed E-state index contributed by atoms with van der Waals surface area (Å²) in [6.45, 7) is 4.04. The average molecular weight is 342 g/mol. The summed E-state index contributed by atoms with van der Waals surface area (Å²) < 4.78 is 0.587. The van der Waals surface area contributed by atoms with Crippen molar-refractivity contribution in [2.45, 2.75) is 26.3 Å². The average Bonchev–Trinajstić information content (AvgIpc) is 2.36. The van der Waals surface area contributed by atoms with E-state index in [1.165, 1.54) is 4.90 Å². The predicted molar refractivity (Wildman–Crippen MR) is 81.3 cm³/mol. The molecule has 0 saturated heterocycles. The Morgan fingerprint density at radius 3 is 2.55 bits per heavy atom. The fraction of sp³-hybridized carbons (Fsp3) is 0.500. The highest BCUT2D eigenvalue weighted by molar-refractivity contribution is 9.10. The Balaban J connectivity index is 2.84. The van der Waals surface area contributed by atoms with E-state index in [1.807, 2.05) is 13.8 Å². The SMILES string of the molecule is CC(C)CC(NC(=O)c1ccnc(Br)c1)C(=O)N(C)C. The Hall–Kier alpha value is -1.43. The van der Waals surface area contributed by atoms with Crippen molar-refractivity contribution in [1.29, 1.82) is 0 Å². The first-order chi connectivity index (χ1) is 9.31. The number of hydrogen-bond donors (Lipinski definition) is 1. The molecule has 0 bridgehead atoms. The third-order valence-corrected chi connectivity index (χ3v) is 3.17. The molecule has 1 aromatic heterocycles. The lowest BCUT2D eigenvalue weighted by Crippen LogP contribution is -2.46. The van der Waals surface area contributed by atoms with E-state index in [-0.39, 0.29) is 11.8 Å². The molecule has 0 aliphatic heterocycles. The number of nitrogens with zero attached hydrogens (tertiary/aromatic N) is 2. The maximum atomic E-state index is 12.2. The molecule has 1 rings (SSSR count). The summed E-state index contributed by atoms with van der Waals surface area (Å²) in [5.74, 6) is -0.0532. The van der Waals surface area contributed by atoms with Gasteiger partial charge >= 0.3 is 0 Å². The van der Waals surface area contributed by atoms with Crippen LogP contribution in [0.2, 0.25) is 0 Å². The van der Waals surface area contributed by atoms with E-state index in [1.54, 1.807) is 32.4 Å². The molecular formula is C14H20BrN3O2. The molecule has 0 aliphatic carbocycles. The first-order valence-corrected chi connectivity index (χ1v) is 7.24. The number of rotatable bonds is 5. The van der Waals surface area contributed by atoms with Gasteiger partial charge in [0, 0.05) is 25.9 Å². The Bertz CT molecular complexity index is 489. The number of aromatic nitrogens is 1. The van der Waals surface area contributed by atoms with Crippen LogP contribution in [0.5, 0.6) is 0 Å². The monoisotopic (exact) mass is 341 g/mol. The number of pyridine rings is 1. The van der Waals surface area contributed by atoms with E-state index in [9.17, 15) is 9.59 Å². The quantitative estimate of drug-likeness (QED) is 0.834. The first-order valence-electron chi connectivity index (χ1n) is 6.44. The molecule has 0 fully saturated rings. The maximum absolute atomic E-state index is 12.2. The van der Waals surface area contributed by atoms with Crippen LogP contribution in [0.15, 0.2) is 22.9 Å². The number of nitrogens with one attached hydrogen (secondary N) is 1. The lowest BCUT2D eigenvalue weighted by molar-refractivity contribution is -0.131. The van der Waals surface area contributed by atoms with Crippen LogP contribution in [0.3, 0.4) is 0 Å². The van der Waals surface area contributed by atoms with E-state index in [4.69, 9.17) is 0 Å². The molecule has 1 heterocycles. The highest BCUT2D eigenvalue weighted by Crippen LogP contribution is 2.11. The Morgan fingerprint density at radius 1 is 1.40 bits per heavy atom. The van der Waals surface area contributed by atoms with Crippen molar-refractivity contribution < 1.29 is 9.59 Å². The van der Waals surface area contributed by atoms with Gasteiger partial charge in [0.1, 0.15) is 10.6 Å². The lowest BCUT2D eigenvalue weighted by atomic mass is 10.0. The van der Waals surface area contributed by atoms with Crippen LogP contribution in [0.25, 0.3) is 0 Å². The second kappa shape index (κ2) is 7.38. The summed E-state index contributed by atoms with van der Waals surface area (Å²) in [4.78, 5) is 29.8. The minimum atomic E-state index is -0.510. The summed E-state index contributed by atoms with van der Waals surface area (Å²) in [6, 6.07) is 2.73. The topological polar surface area (TPSA) is 62.3 Å². The van der Waals surface area contributed by atoms with Crippen LogP contribution in [-0.2, 0) is 4.79 Å². The molecule has 1 unspecified atom stereocenters. The minimum absolute atomic E-state index is 0.0971. The van der Waals surface area contributed by atoms with Gasteiger partial charge in [0.15, 0.2) is 0 Å². The van der Waals surface area contributed by atoms with Gasteiger partial charge in [0.05, 0.1) is 0 Å². The molecule has 20 heavy (non-hydrogen) atoms. The summed E-state index contributed by atoms with van der Waals surface area (Å²) in [7, 11) is 3.37. The van der Waals surface area contributed by atoms with E-state index in [0.717, 1.165) is 0 Å². The summed E-state index contributed by atoms with van der Waals surface area (Å²) in [5.41, 5.74) is 0.479. The third kappa shape index (κ3) is 4.92. The van der Waals surface area contributed by atoms with Gasteiger partial charge in [-0.2, -0.15) is 0 Å².